The van der Waals surface area contributed by atoms with Crippen LogP contribution in [0, 0.1) is 0 Å². The molecule has 1 aliphatic heterocycles. The van der Waals surface area contributed by atoms with Crippen LogP contribution in [-0.2, 0) is 9.53 Å². The largest absolute Gasteiger partial charge is 0.465 e. The molecule has 1 atom stereocenters. The summed E-state index contributed by atoms with van der Waals surface area (Å²) in [6, 6.07) is 0. The van der Waals surface area contributed by atoms with E-state index in [-0.39, 0.29) is 19.6 Å². The molecule has 1 fully saturated rings. The Morgan fingerprint density at radius 2 is 2.29 bits per heavy atom. The molecule has 1 rings (SSSR count). The maximum atomic E-state index is 14.2. The maximum Gasteiger partial charge on any atom is 0.407 e. The van der Waals surface area contributed by atoms with Gasteiger partial charge in [0.15, 0.2) is 0 Å². The van der Waals surface area contributed by atoms with Crippen LogP contribution in [0.25, 0.3) is 0 Å². The lowest BCUT2D eigenvalue weighted by molar-refractivity contribution is -0.137. The average molecular weight is 245 g/mol. The lowest BCUT2D eigenvalue weighted by Gasteiger charge is -2.33. The molecule has 1 N–H and O–H groups in total. The van der Waals surface area contributed by atoms with Crippen LogP contribution >= 0.6 is 0 Å². The molecule has 1 amide bonds. The molecule has 5 nitrogen and oxygen atoms in total. The summed E-state index contributed by atoms with van der Waals surface area (Å²) in [6.07, 6.45) is 1.63. The fourth-order valence-corrected chi connectivity index (χ4v) is 1.75. The van der Waals surface area contributed by atoms with Crippen molar-refractivity contribution in [2.75, 3.05) is 19.7 Å². The van der Waals surface area contributed by atoms with E-state index in [0.717, 1.165) is 17.1 Å². The van der Waals surface area contributed by atoms with Crippen LogP contribution in [0.1, 0.15) is 19.8 Å². The maximum absolute atomic E-state index is 14.2. The molecule has 0 radical (unpaired) electrons. The molecular formula is C11H16FNO4. The van der Waals surface area contributed by atoms with Crippen molar-refractivity contribution in [2.24, 2.45) is 0 Å². The minimum absolute atomic E-state index is 0.215. The minimum Gasteiger partial charge on any atom is -0.465 e. The lowest BCUT2D eigenvalue weighted by Crippen LogP contribution is -2.46. The van der Waals surface area contributed by atoms with Crippen molar-refractivity contribution in [3.05, 3.63) is 12.2 Å². The molecule has 0 spiro atoms. The molecule has 6 heteroatoms. The van der Waals surface area contributed by atoms with Crippen LogP contribution in [0.5, 0.6) is 0 Å². The average Bonchev–Trinajstić information content (AvgIpc) is 2.27. The second-order valence-electron chi connectivity index (χ2n) is 3.93. The van der Waals surface area contributed by atoms with E-state index in [9.17, 15) is 14.0 Å². The van der Waals surface area contributed by atoms with Gasteiger partial charge in [0, 0.05) is 12.6 Å². The van der Waals surface area contributed by atoms with Gasteiger partial charge in [0.05, 0.1) is 13.2 Å². The van der Waals surface area contributed by atoms with Crippen molar-refractivity contribution in [2.45, 2.75) is 25.4 Å². The van der Waals surface area contributed by atoms with Crippen molar-refractivity contribution >= 4 is 12.1 Å². The zero-order chi connectivity index (χ0) is 12.9. The molecule has 0 aromatic carbocycles. The number of carbonyl (C=O) groups is 2. The number of nitrogens with zero attached hydrogens (tertiary/aromatic N) is 1. The molecule has 0 saturated carbocycles. The highest BCUT2D eigenvalue weighted by Gasteiger charge is 2.35. The summed E-state index contributed by atoms with van der Waals surface area (Å²) in [7, 11) is 0. The Bertz CT molecular complexity index is 331. The first-order valence-electron chi connectivity index (χ1n) is 5.49. The first-order chi connectivity index (χ1) is 7.97. The van der Waals surface area contributed by atoms with E-state index in [2.05, 4.69) is 4.74 Å². The third-order valence-electron chi connectivity index (χ3n) is 2.55. The molecule has 96 valence electrons. The Balaban J connectivity index is 2.61. The van der Waals surface area contributed by atoms with Crippen molar-refractivity contribution in [3.63, 3.8) is 0 Å². The predicted molar refractivity (Wildman–Crippen MR) is 58.4 cm³/mol. The van der Waals surface area contributed by atoms with Crippen LogP contribution < -0.4 is 0 Å². The van der Waals surface area contributed by atoms with Gasteiger partial charge in [-0.05, 0) is 25.8 Å². The number of hydrogen-bond donors (Lipinski definition) is 1. The van der Waals surface area contributed by atoms with Gasteiger partial charge in [-0.25, -0.2) is 14.0 Å². The monoisotopic (exact) mass is 245 g/mol. The third kappa shape index (κ3) is 4.05. The number of alkyl halides is 1. The van der Waals surface area contributed by atoms with Crippen molar-refractivity contribution in [1.82, 2.24) is 4.90 Å². The number of amides is 1. The smallest absolute Gasteiger partial charge is 0.407 e. The topological polar surface area (TPSA) is 66.8 Å². The lowest BCUT2D eigenvalue weighted by atomic mass is 9.94. The molecule has 1 unspecified atom stereocenters. The molecule has 0 aromatic heterocycles. The highest BCUT2D eigenvalue weighted by atomic mass is 19.1. The Morgan fingerprint density at radius 1 is 1.59 bits per heavy atom. The molecule has 1 aliphatic rings. The van der Waals surface area contributed by atoms with Gasteiger partial charge >= 0.3 is 12.1 Å². The zero-order valence-electron chi connectivity index (χ0n) is 9.69. The number of carbonyl (C=O) groups excluding carboxylic acids is 1. The summed E-state index contributed by atoms with van der Waals surface area (Å²) in [4.78, 5) is 22.8. The molecule has 0 bridgehead atoms. The fraction of sp³-hybridized carbons (Fsp3) is 0.636. The van der Waals surface area contributed by atoms with Crippen LogP contribution in [0.4, 0.5) is 9.18 Å². The van der Waals surface area contributed by atoms with Crippen LogP contribution in [-0.4, -0.2) is 47.4 Å². The quantitative estimate of drug-likeness (QED) is 0.605. The summed E-state index contributed by atoms with van der Waals surface area (Å²) in [5, 5.41) is 8.78. The third-order valence-corrected chi connectivity index (χ3v) is 2.55. The van der Waals surface area contributed by atoms with Crippen molar-refractivity contribution in [1.29, 1.82) is 0 Å². The first-order valence-corrected chi connectivity index (χ1v) is 5.49. The number of halogens is 1. The molecule has 0 aromatic rings. The number of likely N-dealkylation sites (tertiary alicyclic amines) is 1. The minimum atomic E-state index is -1.77. The Hall–Kier alpha value is -1.59. The van der Waals surface area contributed by atoms with Crippen LogP contribution in [0.15, 0.2) is 12.2 Å². The second kappa shape index (κ2) is 5.65. The summed E-state index contributed by atoms with van der Waals surface area (Å²) >= 11 is 0. The summed E-state index contributed by atoms with van der Waals surface area (Å²) in [6.45, 7) is 1.97. The number of rotatable bonds is 3. The van der Waals surface area contributed by atoms with Gasteiger partial charge in [0.25, 0.3) is 0 Å². The SMILES string of the molecule is CCOC(=O)C=CC1(F)CCCN(C(=O)O)C1. The van der Waals surface area contributed by atoms with Gasteiger partial charge in [0.1, 0.15) is 5.67 Å². The van der Waals surface area contributed by atoms with Gasteiger partial charge < -0.3 is 14.7 Å². The number of piperidine rings is 1. The number of esters is 1. The van der Waals surface area contributed by atoms with Gasteiger partial charge in [-0.3, -0.25) is 0 Å². The fourth-order valence-electron chi connectivity index (χ4n) is 1.75. The van der Waals surface area contributed by atoms with E-state index in [1.807, 2.05) is 0 Å². The van der Waals surface area contributed by atoms with Crippen LogP contribution in [0.2, 0.25) is 0 Å². The molecule has 1 heterocycles. The van der Waals surface area contributed by atoms with E-state index >= 15 is 0 Å². The van der Waals surface area contributed by atoms with E-state index in [0.29, 0.717) is 13.0 Å². The summed E-state index contributed by atoms with van der Waals surface area (Å²) < 4.78 is 18.8. The van der Waals surface area contributed by atoms with E-state index in [1.54, 1.807) is 6.92 Å². The normalized spacial score (nSPS) is 24.9. The molecule has 0 aliphatic carbocycles. The molecule has 1 saturated heterocycles. The van der Waals surface area contributed by atoms with E-state index < -0.39 is 17.7 Å². The highest BCUT2D eigenvalue weighted by molar-refractivity contribution is 5.82. The summed E-state index contributed by atoms with van der Waals surface area (Å²) in [5.41, 5.74) is -1.77. The molecule has 17 heavy (non-hydrogen) atoms. The zero-order valence-corrected chi connectivity index (χ0v) is 9.69. The Morgan fingerprint density at radius 3 is 2.88 bits per heavy atom. The van der Waals surface area contributed by atoms with E-state index in [1.165, 1.54) is 0 Å². The highest BCUT2D eigenvalue weighted by Crippen LogP contribution is 2.26. The molecular weight excluding hydrogens is 229 g/mol. The van der Waals surface area contributed by atoms with Gasteiger partial charge in [-0.15, -0.1) is 0 Å². The van der Waals surface area contributed by atoms with Gasteiger partial charge in [-0.1, -0.05) is 0 Å². The number of carboxylic acid groups (broad SMARTS) is 1. The van der Waals surface area contributed by atoms with Gasteiger partial charge in [-0.2, -0.15) is 0 Å². The Kier molecular flexibility index (Phi) is 4.48. The first kappa shape index (κ1) is 13.5. The van der Waals surface area contributed by atoms with Crippen LogP contribution in [0.3, 0.4) is 0 Å². The van der Waals surface area contributed by atoms with Crippen molar-refractivity contribution in [3.8, 4) is 0 Å². The van der Waals surface area contributed by atoms with E-state index in [4.69, 9.17) is 5.11 Å². The Labute approximate surface area is 98.8 Å². The second-order valence-corrected chi connectivity index (χ2v) is 3.93. The predicted octanol–water partition coefficient (Wildman–Crippen LogP) is 1.59. The van der Waals surface area contributed by atoms with Gasteiger partial charge in [0.2, 0.25) is 0 Å². The number of hydrogen-bond acceptors (Lipinski definition) is 3. The standard InChI is InChI=1S/C11H16FNO4/c1-2-17-9(14)4-6-11(12)5-3-7-13(8-11)10(15)16/h4,6H,2-3,5,7-8H2,1H3,(H,15,16). The summed E-state index contributed by atoms with van der Waals surface area (Å²) in [5.74, 6) is -0.614. The van der Waals surface area contributed by atoms with Crippen molar-refractivity contribution < 1.29 is 23.8 Å². The number of ether oxygens (including phenoxy) is 1.